The Hall–Kier alpha value is -2.34. The summed E-state index contributed by atoms with van der Waals surface area (Å²) in [6.45, 7) is 4.09. The fourth-order valence-corrected chi connectivity index (χ4v) is 2.70. The van der Waals surface area contributed by atoms with E-state index in [1.807, 2.05) is 36.0 Å². The second-order valence-electron chi connectivity index (χ2n) is 5.88. The molecule has 1 aromatic heterocycles. The number of amides is 2. The van der Waals surface area contributed by atoms with Gasteiger partial charge in [0.15, 0.2) is 0 Å². The summed E-state index contributed by atoms with van der Waals surface area (Å²) in [7, 11) is 0. The van der Waals surface area contributed by atoms with Gasteiger partial charge in [0.25, 0.3) is 0 Å². The van der Waals surface area contributed by atoms with Gasteiger partial charge in [-0.05, 0) is 25.3 Å². The number of nitrogens with zero attached hydrogens (tertiary/aromatic N) is 2. The van der Waals surface area contributed by atoms with E-state index < -0.39 is 0 Å². The van der Waals surface area contributed by atoms with E-state index in [9.17, 15) is 4.79 Å². The van der Waals surface area contributed by atoms with Gasteiger partial charge in [-0.25, -0.2) is 4.79 Å². The highest BCUT2D eigenvalue weighted by Gasteiger charge is 2.16. The molecule has 6 heteroatoms. The van der Waals surface area contributed by atoms with Gasteiger partial charge in [0.05, 0.1) is 24.5 Å². The van der Waals surface area contributed by atoms with Crippen LogP contribution in [0.25, 0.3) is 0 Å². The number of rotatable bonds is 5. The van der Waals surface area contributed by atoms with Gasteiger partial charge in [0.2, 0.25) is 0 Å². The minimum Gasteiger partial charge on any atom is -0.376 e. The first-order valence-electron chi connectivity index (χ1n) is 7.93. The van der Waals surface area contributed by atoms with Gasteiger partial charge in [-0.1, -0.05) is 29.8 Å². The van der Waals surface area contributed by atoms with Gasteiger partial charge in [-0.2, -0.15) is 5.10 Å². The number of anilines is 1. The molecule has 23 heavy (non-hydrogen) atoms. The van der Waals surface area contributed by atoms with Crippen LogP contribution in [0.15, 0.2) is 36.7 Å². The van der Waals surface area contributed by atoms with Crippen molar-refractivity contribution in [2.45, 2.75) is 39.0 Å². The molecule has 1 fully saturated rings. The Morgan fingerprint density at radius 1 is 1.48 bits per heavy atom. The lowest BCUT2D eigenvalue weighted by atomic mass is 10.1. The molecule has 2 aromatic rings. The van der Waals surface area contributed by atoms with Crippen LogP contribution < -0.4 is 10.6 Å². The predicted molar refractivity (Wildman–Crippen MR) is 88.2 cm³/mol. The summed E-state index contributed by atoms with van der Waals surface area (Å²) >= 11 is 0. The van der Waals surface area contributed by atoms with Crippen molar-refractivity contribution in [1.82, 2.24) is 15.1 Å². The van der Waals surface area contributed by atoms with Crippen LogP contribution in [0.1, 0.15) is 24.0 Å². The SMILES string of the molecule is Cc1cccc(CNC(=O)Nc2cnn(CC3CCCO3)c2)c1. The topological polar surface area (TPSA) is 68.2 Å². The quantitative estimate of drug-likeness (QED) is 0.891. The zero-order chi connectivity index (χ0) is 16.1. The second-order valence-corrected chi connectivity index (χ2v) is 5.88. The van der Waals surface area contributed by atoms with Crippen LogP contribution in [-0.2, 0) is 17.8 Å². The van der Waals surface area contributed by atoms with E-state index >= 15 is 0 Å². The summed E-state index contributed by atoms with van der Waals surface area (Å²) in [5.74, 6) is 0. The first-order valence-corrected chi connectivity index (χ1v) is 7.93. The highest BCUT2D eigenvalue weighted by molar-refractivity contribution is 5.88. The molecule has 0 bridgehead atoms. The molecule has 1 unspecified atom stereocenters. The van der Waals surface area contributed by atoms with Crippen LogP contribution in [0.2, 0.25) is 0 Å². The first kappa shape index (κ1) is 15.6. The summed E-state index contributed by atoms with van der Waals surface area (Å²) in [5.41, 5.74) is 2.94. The van der Waals surface area contributed by atoms with Gasteiger partial charge in [0.1, 0.15) is 0 Å². The smallest absolute Gasteiger partial charge is 0.319 e. The number of hydrogen-bond acceptors (Lipinski definition) is 3. The normalized spacial score (nSPS) is 17.2. The third kappa shape index (κ3) is 4.56. The van der Waals surface area contributed by atoms with E-state index in [-0.39, 0.29) is 12.1 Å². The lowest BCUT2D eigenvalue weighted by Gasteiger charge is -2.08. The Morgan fingerprint density at radius 2 is 2.39 bits per heavy atom. The van der Waals surface area contributed by atoms with Gasteiger partial charge >= 0.3 is 6.03 Å². The third-order valence-electron chi connectivity index (χ3n) is 3.84. The maximum Gasteiger partial charge on any atom is 0.319 e. The van der Waals surface area contributed by atoms with E-state index in [4.69, 9.17) is 4.74 Å². The minimum absolute atomic E-state index is 0.233. The summed E-state index contributed by atoms with van der Waals surface area (Å²) in [5, 5.41) is 9.90. The molecule has 122 valence electrons. The fraction of sp³-hybridized carbons (Fsp3) is 0.412. The van der Waals surface area contributed by atoms with E-state index in [0.717, 1.165) is 31.6 Å². The van der Waals surface area contributed by atoms with Crippen LogP contribution in [0, 0.1) is 6.92 Å². The molecule has 3 rings (SSSR count). The summed E-state index contributed by atoms with van der Waals surface area (Å²) in [6.07, 6.45) is 5.89. The molecule has 0 aliphatic carbocycles. The molecular formula is C17H22N4O2. The monoisotopic (exact) mass is 314 g/mol. The van der Waals surface area contributed by atoms with Crippen LogP contribution in [0.5, 0.6) is 0 Å². The van der Waals surface area contributed by atoms with E-state index in [1.54, 1.807) is 6.20 Å². The molecular weight excluding hydrogens is 292 g/mol. The van der Waals surface area contributed by atoms with Crippen molar-refractivity contribution in [3.63, 3.8) is 0 Å². The molecule has 6 nitrogen and oxygen atoms in total. The van der Waals surface area contributed by atoms with E-state index in [1.165, 1.54) is 5.56 Å². The molecule has 1 aliphatic heterocycles. The number of aromatic nitrogens is 2. The van der Waals surface area contributed by atoms with Crippen molar-refractivity contribution >= 4 is 11.7 Å². The molecule has 0 radical (unpaired) electrons. The highest BCUT2D eigenvalue weighted by atomic mass is 16.5. The number of urea groups is 1. The van der Waals surface area contributed by atoms with Gasteiger partial charge < -0.3 is 15.4 Å². The number of aryl methyl sites for hydroxylation is 1. The van der Waals surface area contributed by atoms with E-state index in [0.29, 0.717) is 12.2 Å². The second kappa shape index (κ2) is 7.28. The number of benzene rings is 1. The lowest BCUT2D eigenvalue weighted by Crippen LogP contribution is -2.28. The maximum absolute atomic E-state index is 11.9. The van der Waals surface area contributed by atoms with Crippen molar-refractivity contribution < 1.29 is 9.53 Å². The number of carbonyl (C=O) groups is 1. The Balaban J connectivity index is 1.47. The summed E-state index contributed by atoms with van der Waals surface area (Å²) in [6, 6.07) is 7.83. The molecule has 1 aliphatic rings. The van der Waals surface area contributed by atoms with Crippen LogP contribution >= 0.6 is 0 Å². The van der Waals surface area contributed by atoms with Crippen molar-refractivity contribution in [3.8, 4) is 0 Å². The number of ether oxygens (including phenoxy) is 1. The Kier molecular flexibility index (Phi) is 4.92. The van der Waals surface area contributed by atoms with E-state index in [2.05, 4.69) is 21.8 Å². The first-order chi connectivity index (χ1) is 11.2. The lowest BCUT2D eigenvalue weighted by molar-refractivity contribution is 0.0940. The zero-order valence-electron chi connectivity index (χ0n) is 13.3. The summed E-state index contributed by atoms with van der Waals surface area (Å²) in [4.78, 5) is 11.9. The Bertz CT molecular complexity index is 662. The molecule has 2 N–H and O–H groups in total. The number of nitrogens with one attached hydrogen (secondary N) is 2. The van der Waals surface area contributed by atoms with Crippen molar-refractivity contribution in [2.75, 3.05) is 11.9 Å². The molecule has 1 saturated heterocycles. The molecule has 1 aromatic carbocycles. The molecule has 1 atom stereocenters. The summed E-state index contributed by atoms with van der Waals surface area (Å²) < 4.78 is 7.40. The van der Waals surface area contributed by atoms with Crippen molar-refractivity contribution in [2.24, 2.45) is 0 Å². The third-order valence-corrected chi connectivity index (χ3v) is 3.84. The Morgan fingerprint density at radius 3 is 3.17 bits per heavy atom. The average Bonchev–Trinajstić information content (AvgIpc) is 3.18. The molecule has 2 amide bonds. The largest absolute Gasteiger partial charge is 0.376 e. The minimum atomic E-state index is -0.233. The molecule has 2 heterocycles. The van der Waals surface area contributed by atoms with Gasteiger partial charge in [0, 0.05) is 19.3 Å². The predicted octanol–water partition coefficient (Wildman–Crippen LogP) is 2.69. The number of hydrogen-bond donors (Lipinski definition) is 2. The Labute approximate surface area is 135 Å². The molecule has 0 saturated carbocycles. The van der Waals surface area contributed by atoms with Crippen molar-refractivity contribution in [3.05, 3.63) is 47.8 Å². The van der Waals surface area contributed by atoms with Gasteiger partial charge in [-0.3, -0.25) is 4.68 Å². The van der Waals surface area contributed by atoms with Crippen LogP contribution in [0.4, 0.5) is 10.5 Å². The van der Waals surface area contributed by atoms with Crippen LogP contribution in [0.3, 0.4) is 0 Å². The molecule has 0 spiro atoms. The number of carbonyl (C=O) groups excluding carboxylic acids is 1. The average molecular weight is 314 g/mol. The fourth-order valence-electron chi connectivity index (χ4n) is 2.70. The van der Waals surface area contributed by atoms with Gasteiger partial charge in [-0.15, -0.1) is 0 Å². The van der Waals surface area contributed by atoms with Crippen LogP contribution in [-0.4, -0.2) is 28.5 Å². The maximum atomic E-state index is 11.9. The zero-order valence-corrected chi connectivity index (χ0v) is 13.3. The highest BCUT2D eigenvalue weighted by Crippen LogP contribution is 2.15. The van der Waals surface area contributed by atoms with Crippen molar-refractivity contribution in [1.29, 1.82) is 0 Å². The standard InChI is InChI=1S/C17H22N4O2/c1-13-4-2-5-14(8-13)9-18-17(22)20-15-10-19-21(11-15)12-16-6-3-7-23-16/h2,4-5,8,10-11,16H,3,6-7,9,12H2,1H3,(H2,18,20,22).